The minimum Gasteiger partial charge on any atom is -0.466 e. The molecule has 1 unspecified atom stereocenters. The van der Waals surface area contributed by atoms with Crippen molar-refractivity contribution in [3.63, 3.8) is 0 Å². The maximum atomic E-state index is 13.9. The van der Waals surface area contributed by atoms with Crippen LogP contribution in [0.15, 0.2) is 28.7 Å². The number of ether oxygens (including phenoxy) is 1. The highest BCUT2D eigenvalue weighted by atomic mass is 79.9. The quantitative estimate of drug-likeness (QED) is 0.765. The summed E-state index contributed by atoms with van der Waals surface area (Å²) in [6, 6.07) is 6.52. The summed E-state index contributed by atoms with van der Waals surface area (Å²) in [6.07, 6.45) is 0. The lowest BCUT2D eigenvalue weighted by molar-refractivity contribution is -0.154. The summed E-state index contributed by atoms with van der Waals surface area (Å²) in [7, 11) is 1.16. The van der Waals surface area contributed by atoms with Crippen LogP contribution in [0.4, 0.5) is 4.39 Å². The lowest BCUT2D eigenvalue weighted by Crippen LogP contribution is -2.28. The monoisotopic (exact) mass is 260 g/mol. The van der Waals surface area contributed by atoms with Crippen LogP contribution in [0, 0.1) is 0 Å². The van der Waals surface area contributed by atoms with Gasteiger partial charge in [0, 0.05) is 10.0 Å². The number of alkyl halides is 1. The number of hydrogen-bond donors (Lipinski definition) is 0. The lowest BCUT2D eigenvalue weighted by atomic mass is 9.98. The molecule has 0 aliphatic carbocycles. The van der Waals surface area contributed by atoms with Crippen LogP contribution < -0.4 is 0 Å². The number of methoxy groups -OCH3 is 1. The van der Waals surface area contributed by atoms with Gasteiger partial charge in [-0.15, -0.1) is 0 Å². The predicted molar refractivity (Wildman–Crippen MR) is 54.6 cm³/mol. The number of halogens is 2. The molecular formula is C10H10BrFO2. The van der Waals surface area contributed by atoms with Gasteiger partial charge in [0.1, 0.15) is 0 Å². The van der Waals surface area contributed by atoms with Crippen LogP contribution in [-0.2, 0) is 15.2 Å². The van der Waals surface area contributed by atoms with Crippen LogP contribution >= 0.6 is 15.9 Å². The third kappa shape index (κ3) is 2.12. The Morgan fingerprint density at radius 1 is 1.57 bits per heavy atom. The Bertz CT molecular complexity index is 350. The number of hydrogen-bond acceptors (Lipinski definition) is 2. The third-order valence-corrected chi connectivity index (χ3v) is 2.43. The van der Waals surface area contributed by atoms with Crippen molar-refractivity contribution in [3.8, 4) is 0 Å². The molecule has 0 N–H and O–H groups in total. The van der Waals surface area contributed by atoms with E-state index in [-0.39, 0.29) is 5.56 Å². The van der Waals surface area contributed by atoms with E-state index in [1.54, 1.807) is 24.3 Å². The van der Waals surface area contributed by atoms with Gasteiger partial charge in [-0.25, -0.2) is 9.18 Å². The van der Waals surface area contributed by atoms with Gasteiger partial charge in [0.2, 0.25) is 5.67 Å². The molecule has 1 atom stereocenters. The van der Waals surface area contributed by atoms with Crippen LogP contribution in [0.25, 0.3) is 0 Å². The molecule has 0 saturated carbocycles. The molecule has 0 amide bonds. The van der Waals surface area contributed by atoms with Crippen molar-refractivity contribution in [1.82, 2.24) is 0 Å². The van der Waals surface area contributed by atoms with Crippen molar-refractivity contribution in [2.75, 3.05) is 7.11 Å². The first kappa shape index (κ1) is 11.2. The average Bonchev–Trinajstić information content (AvgIpc) is 2.16. The summed E-state index contributed by atoms with van der Waals surface area (Å²) in [5.41, 5.74) is -1.82. The van der Waals surface area contributed by atoms with Gasteiger partial charge in [0.25, 0.3) is 0 Å². The normalized spacial score (nSPS) is 14.6. The van der Waals surface area contributed by atoms with E-state index in [1.807, 2.05) is 0 Å². The molecular weight excluding hydrogens is 251 g/mol. The molecule has 0 bridgehead atoms. The highest BCUT2D eigenvalue weighted by Gasteiger charge is 2.36. The van der Waals surface area contributed by atoms with E-state index in [0.29, 0.717) is 0 Å². The second-order valence-electron chi connectivity index (χ2n) is 3.00. The van der Waals surface area contributed by atoms with Gasteiger partial charge in [-0.2, -0.15) is 0 Å². The molecule has 1 aromatic carbocycles. The van der Waals surface area contributed by atoms with Crippen LogP contribution in [0.2, 0.25) is 0 Å². The zero-order chi connectivity index (χ0) is 10.8. The highest BCUT2D eigenvalue weighted by Crippen LogP contribution is 2.28. The summed E-state index contributed by atoms with van der Waals surface area (Å²) >= 11 is 3.21. The standard InChI is InChI=1S/C10H10BrFO2/c1-10(12,9(13)14-2)7-4-3-5-8(11)6-7/h3-6H,1-2H3. The van der Waals surface area contributed by atoms with Gasteiger partial charge in [0.15, 0.2) is 0 Å². The topological polar surface area (TPSA) is 26.3 Å². The van der Waals surface area contributed by atoms with Gasteiger partial charge in [-0.05, 0) is 19.1 Å². The summed E-state index contributed by atoms with van der Waals surface area (Å²) in [4.78, 5) is 11.1. The molecule has 0 fully saturated rings. The van der Waals surface area contributed by atoms with Crippen molar-refractivity contribution in [3.05, 3.63) is 34.3 Å². The Morgan fingerprint density at radius 2 is 2.21 bits per heavy atom. The summed E-state index contributed by atoms with van der Waals surface area (Å²) in [5.74, 6) is -0.893. The largest absolute Gasteiger partial charge is 0.466 e. The van der Waals surface area contributed by atoms with E-state index in [2.05, 4.69) is 20.7 Å². The second-order valence-corrected chi connectivity index (χ2v) is 3.92. The maximum Gasteiger partial charge on any atom is 0.348 e. The van der Waals surface area contributed by atoms with Gasteiger partial charge in [-0.3, -0.25) is 0 Å². The number of rotatable bonds is 2. The molecule has 14 heavy (non-hydrogen) atoms. The minimum atomic E-state index is -2.10. The van der Waals surface area contributed by atoms with Crippen molar-refractivity contribution in [2.45, 2.75) is 12.6 Å². The number of esters is 1. The van der Waals surface area contributed by atoms with E-state index in [1.165, 1.54) is 6.92 Å². The molecule has 76 valence electrons. The first-order valence-corrected chi connectivity index (χ1v) is 4.81. The van der Waals surface area contributed by atoms with Crippen molar-refractivity contribution >= 4 is 21.9 Å². The third-order valence-electron chi connectivity index (χ3n) is 1.94. The number of carbonyl (C=O) groups excluding carboxylic acids is 1. The first-order chi connectivity index (χ1) is 6.48. The Morgan fingerprint density at radius 3 is 2.71 bits per heavy atom. The molecule has 0 aliphatic rings. The highest BCUT2D eigenvalue weighted by molar-refractivity contribution is 9.10. The number of carbonyl (C=O) groups is 1. The Labute approximate surface area is 90.2 Å². The molecule has 0 heterocycles. The van der Waals surface area contributed by atoms with Crippen LogP contribution in [0.1, 0.15) is 12.5 Å². The van der Waals surface area contributed by atoms with Gasteiger partial charge in [-0.1, -0.05) is 28.1 Å². The van der Waals surface area contributed by atoms with Crippen molar-refractivity contribution in [1.29, 1.82) is 0 Å². The second kappa shape index (κ2) is 4.09. The van der Waals surface area contributed by atoms with Crippen LogP contribution in [-0.4, -0.2) is 13.1 Å². The van der Waals surface area contributed by atoms with Gasteiger partial charge < -0.3 is 4.74 Å². The zero-order valence-electron chi connectivity index (χ0n) is 7.88. The first-order valence-electron chi connectivity index (χ1n) is 4.02. The molecule has 0 aromatic heterocycles. The molecule has 4 heteroatoms. The predicted octanol–water partition coefficient (Wildman–Crippen LogP) is 2.81. The minimum absolute atomic E-state index is 0.277. The van der Waals surface area contributed by atoms with Crippen molar-refractivity contribution < 1.29 is 13.9 Å². The van der Waals surface area contributed by atoms with Crippen molar-refractivity contribution in [2.24, 2.45) is 0 Å². The molecule has 0 radical (unpaired) electrons. The Hall–Kier alpha value is -0.900. The van der Waals surface area contributed by atoms with E-state index in [9.17, 15) is 9.18 Å². The molecule has 0 aliphatic heterocycles. The number of benzene rings is 1. The van der Waals surface area contributed by atoms with E-state index >= 15 is 0 Å². The van der Waals surface area contributed by atoms with Crippen LogP contribution in [0.3, 0.4) is 0 Å². The summed E-state index contributed by atoms with van der Waals surface area (Å²) in [6.45, 7) is 1.18. The molecule has 2 nitrogen and oxygen atoms in total. The summed E-state index contributed by atoms with van der Waals surface area (Å²) < 4.78 is 19.0. The lowest BCUT2D eigenvalue weighted by Gasteiger charge is -2.17. The Balaban J connectivity index is 3.09. The van der Waals surface area contributed by atoms with E-state index in [0.717, 1.165) is 11.6 Å². The molecule has 1 aromatic rings. The van der Waals surface area contributed by atoms with E-state index in [4.69, 9.17) is 0 Å². The maximum absolute atomic E-state index is 13.9. The fourth-order valence-electron chi connectivity index (χ4n) is 1.09. The zero-order valence-corrected chi connectivity index (χ0v) is 9.47. The fourth-order valence-corrected chi connectivity index (χ4v) is 1.49. The Kier molecular flexibility index (Phi) is 3.26. The summed E-state index contributed by atoms with van der Waals surface area (Å²) in [5, 5.41) is 0. The SMILES string of the molecule is COC(=O)C(C)(F)c1cccc(Br)c1. The fraction of sp³-hybridized carbons (Fsp3) is 0.300. The average molecular weight is 261 g/mol. The smallest absolute Gasteiger partial charge is 0.348 e. The van der Waals surface area contributed by atoms with E-state index < -0.39 is 11.6 Å². The molecule has 0 saturated heterocycles. The van der Waals surface area contributed by atoms with Gasteiger partial charge >= 0.3 is 5.97 Å². The molecule has 1 rings (SSSR count). The van der Waals surface area contributed by atoms with Crippen LogP contribution in [0.5, 0.6) is 0 Å². The van der Waals surface area contributed by atoms with Gasteiger partial charge in [0.05, 0.1) is 7.11 Å². The molecule has 0 spiro atoms.